The Bertz CT molecular complexity index is 1270. The maximum Gasteiger partial charge on any atom is 0.258 e. The van der Waals surface area contributed by atoms with E-state index in [1.54, 1.807) is 0 Å². The van der Waals surface area contributed by atoms with Crippen LogP contribution in [0.2, 0.25) is 0 Å². The molecule has 33 heavy (non-hydrogen) atoms. The van der Waals surface area contributed by atoms with Gasteiger partial charge in [-0.2, -0.15) is 10.2 Å². The predicted molar refractivity (Wildman–Crippen MR) is 129 cm³/mol. The molecule has 0 saturated carbocycles. The molecule has 2 aromatic heterocycles. The zero-order valence-electron chi connectivity index (χ0n) is 18.4. The minimum atomic E-state index is -0.961. The average Bonchev–Trinajstić information content (AvgIpc) is 3.24. The lowest BCUT2D eigenvalue weighted by Crippen LogP contribution is -2.41. The number of carbonyl (C=O) groups is 1. The number of aromatic amines is 1. The molecule has 2 unspecified atom stereocenters. The van der Waals surface area contributed by atoms with E-state index in [2.05, 4.69) is 50.5 Å². The number of thiophene rings is 1. The van der Waals surface area contributed by atoms with Crippen molar-refractivity contribution in [2.75, 3.05) is 23.3 Å². The number of aromatic nitrogens is 2. The maximum absolute atomic E-state index is 13.2. The minimum Gasteiger partial charge on any atom is -0.342 e. The van der Waals surface area contributed by atoms with Gasteiger partial charge in [0.25, 0.3) is 5.56 Å². The van der Waals surface area contributed by atoms with Crippen molar-refractivity contribution in [3.8, 4) is 6.07 Å². The average molecular weight is 460 g/mol. The summed E-state index contributed by atoms with van der Waals surface area (Å²) >= 11 is 1.46. The number of hydrogen-bond acceptors (Lipinski definition) is 6. The van der Waals surface area contributed by atoms with Gasteiger partial charge >= 0.3 is 0 Å². The van der Waals surface area contributed by atoms with Crippen molar-refractivity contribution in [3.63, 3.8) is 0 Å². The summed E-state index contributed by atoms with van der Waals surface area (Å²) in [5.41, 5.74) is 2.39. The number of benzene rings is 1. The highest BCUT2D eigenvalue weighted by Crippen LogP contribution is 2.41. The van der Waals surface area contributed by atoms with Gasteiger partial charge in [0.15, 0.2) is 0 Å². The Kier molecular flexibility index (Phi) is 5.73. The molecule has 7 nitrogen and oxygen atoms in total. The number of nitrogens with zero attached hydrogens (tertiary/aromatic N) is 3. The van der Waals surface area contributed by atoms with Gasteiger partial charge in [-0.3, -0.25) is 14.6 Å². The molecule has 1 aromatic carbocycles. The smallest absolute Gasteiger partial charge is 0.258 e. The lowest BCUT2D eigenvalue weighted by molar-refractivity contribution is -0.119. The van der Waals surface area contributed by atoms with Crippen molar-refractivity contribution in [1.82, 2.24) is 9.97 Å². The molecule has 1 saturated heterocycles. The number of hydrogen-bond donors (Lipinski definition) is 2. The molecule has 0 aliphatic carbocycles. The van der Waals surface area contributed by atoms with Gasteiger partial charge in [0.2, 0.25) is 11.9 Å². The highest BCUT2D eigenvalue weighted by atomic mass is 32.1. The number of amides is 1. The van der Waals surface area contributed by atoms with Crippen molar-refractivity contribution in [2.45, 2.75) is 32.1 Å². The molecule has 2 atom stereocenters. The first-order chi connectivity index (χ1) is 16.0. The van der Waals surface area contributed by atoms with Crippen LogP contribution in [0.4, 0.5) is 11.8 Å². The molecule has 2 aliphatic heterocycles. The Morgan fingerprint density at radius 3 is 2.61 bits per heavy atom. The van der Waals surface area contributed by atoms with E-state index in [0.29, 0.717) is 17.4 Å². The monoisotopic (exact) mass is 459 g/mol. The third-order valence-corrected chi connectivity index (χ3v) is 7.82. The van der Waals surface area contributed by atoms with Crippen LogP contribution >= 0.6 is 11.3 Å². The van der Waals surface area contributed by atoms with Crippen LogP contribution in [0.15, 0.2) is 46.6 Å². The number of rotatable bonds is 4. The standard InChI is InChI=1S/C25H25N5O2S/c1-15-9-12-33-21(15)19-18(14-26)23(31)27-22-20(19)24(32)29-25(28-22)30-10-7-17(8-11-30)13-16-5-3-2-4-6-16/h2-6,9,12,17-19H,7-8,10-11,13H2,1H3,(H2,27,28,29,31,32). The molecule has 1 fully saturated rings. The highest BCUT2D eigenvalue weighted by molar-refractivity contribution is 7.10. The number of fused-ring (bicyclic) bond motifs is 1. The molecule has 4 heterocycles. The summed E-state index contributed by atoms with van der Waals surface area (Å²) in [6.07, 6.45) is 3.07. The summed E-state index contributed by atoms with van der Waals surface area (Å²) in [4.78, 5) is 36.5. The molecule has 168 valence electrons. The first kappa shape index (κ1) is 21.4. The molecule has 8 heteroatoms. The Morgan fingerprint density at radius 2 is 1.94 bits per heavy atom. The quantitative estimate of drug-likeness (QED) is 0.618. The van der Waals surface area contributed by atoms with Crippen molar-refractivity contribution in [3.05, 3.63) is 73.7 Å². The lowest BCUT2D eigenvalue weighted by Gasteiger charge is -2.34. The number of carbonyl (C=O) groups excluding carboxylic acids is 1. The Balaban J connectivity index is 1.40. The number of piperidine rings is 1. The van der Waals surface area contributed by atoms with E-state index in [1.807, 2.05) is 24.4 Å². The topological polar surface area (TPSA) is 102 Å². The summed E-state index contributed by atoms with van der Waals surface area (Å²) in [5.74, 6) is -0.634. The summed E-state index contributed by atoms with van der Waals surface area (Å²) in [5, 5.41) is 14.3. The summed E-state index contributed by atoms with van der Waals surface area (Å²) in [6.45, 7) is 3.52. The Morgan fingerprint density at radius 1 is 1.18 bits per heavy atom. The van der Waals surface area contributed by atoms with Gasteiger partial charge in [-0.15, -0.1) is 11.3 Å². The van der Waals surface area contributed by atoms with Gasteiger partial charge in [0, 0.05) is 18.0 Å². The van der Waals surface area contributed by atoms with Gasteiger partial charge in [-0.05, 0) is 54.7 Å². The first-order valence-electron chi connectivity index (χ1n) is 11.2. The SMILES string of the molecule is Cc1ccsc1C1c2c(nc(N3CCC(Cc4ccccc4)CC3)[nH]c2=O)NC(=O)C1C#N. The van der Waals surface area contributed by atoms with E-state index < -0.39 is 17.7 Å². The number of anilines is 2. The van der Waals surface area contributed by atoms with Crippen LogP contribution < -0.4 is 15.8 Å². The highest BCUT2D eigenvalue weighted by Gasteiger charge is 2.41. The lowest BCUT2D eigenvalue weighted by atomic mass is 9.82. The van der Waals surface area contributed by atoms with Gasteiger partial charge in [0.05, 0.1) is 17.6 Å². The molecule has 2 N–H and O–H groups in total. The normalized spacial score (nSPS) is 20.7. The van der Waals surface area contributed by atoms with Crippen LogP contribution in [-0.2, 0) is 11.2 Å². The first-order valence-corrected chi connectivity index (χ1v) is 12.1. The fourth-order valence-corrected chi connectivity index (χ4v) is 6.00. The van der Waals surface area contributed by atoms with Crippen LogP contribution in [0.1, 0.15) is 40.3 Å². The summed E-state index contributed by atoms with van der Waals surface area (Å²) in [6, 6.07) is 14.5. The van der Waals surface area contributed by atoms with Crippen molar-refractivity contribution >= 4 is 29.0 Å². The number of aryl methyl sites for hydroxylation is 1. The Labute approximate surface area is 196 Å². The fourth-order valence-electron chi connectivity index (χ4n) is 4.93. The second kappa shape index (κ2) is 8.83. The molecule has 2 aliphatic rings. The van der Waals surface area contributed by atoms with Gasteiger partial charge in [-0.1, -0.05) is 30.3 Å². The molecular weight excluding hydrogens is 434 g/mol. The summed E-state index contributed by atoms with van der Waals surface area (Å²) < 4.78 is 0. The molecule has 0 bridgehead atoms. The second-order valence-corrected chi connectivity index (χ2v) is 9.76. The van der Waals surface area contributed by atoms with Crippen molar-refractivity contribution in [2.24, 2.45) is 11.8 Å². The van der Waals surface area contributed by atoms with Crippen LogP contribution in [0.3, 0.4) is 0 Å². The van der Waals surface area contributed by atoms with Gasteiger partial charge < -0.3 is 10.2 Å². The fraction of sp³-hybridized carbons (Fsp3) is 0.360. The predicted octanol–water partition coefficient (Wildman–Crippen LogP) is 3.82. The largest absolute Gasteiger partial charge is 0.342 e. The molecule has 5 rings (SSSR count). The van der Waals surface area contributed by atoms with E-state index >= 15 is 0 Å². The third-order valence-electron chi connectivity index (χ3n) is 6.72. The van der Waals surface area contributed by atoms with Crippen LogP contribution in [0, 0.1) is 30.1 Å². The zero-order valence-corrected chi connectivity index (χ0v) is 19.2. The summed E-state index contributed by atoms with van der Waals surface area (Å²) in [7, 11) is 0. The van der Waals surface area contributed by atoms with E-state index in [4.69, 9.17) is 0 Å². The third kappa shape index (κ3) is 4.05. The minimum absolute atomic E-state index is 0.273. The van der Waals surface area contributed by atoms with Crippen molar-refractivity contribution < 1.29 is 4.79 Å². The van der Waals surface area contributed by atoms with E-state index in [-0.39, 0.29) is 11.4 Å². The zero-order chi connectivity index (χ0) is 22.9. The molecule has 1 amide bonds. The van der Waals surface area contributed by atoms with E-state index in [9.17, 15) is 14.9 Å². The molecule has 0 spiro atoms. The van der Waals surface area contributed by atoms with Gasteiger partial charge in [-0.25, -0.2) is 0 Å². The molecule has 3 aromatic rings. The van der Waals surface area contributed by atoms with Gasteiger partial charge in [0.1, 0.15) is 11.7 Å². The number of nitriles is 1. The van der Waals surface area contributed by atoms with E-state index in [0.717, 1.165) is 42.8 Å². The molecular formula is C25H25N5O2S. The van der Waals surface area contributed by atoms with Crippen molar-refractivity contribution in [1.29, 1.82) is 5.26 Å². The van der Waals surface area contributed by atoms with Crippen LogP contribution in [0.25, 0.3) is 0 Å². The van der Waals surface area contributed by atoms with Crippen LogP contribution in [-0.4, -0.2) is 29.0 Å². The number of nitrogens with one attached hydrogen (secondary N) is 2. The van der Waals surface area contributed by atoms with E-state index in [1.165, 1.54) is 16.9 Å². The maximum atomic E-state index is 13.2. The van der Waals surface area contributed by atoms with Crippen LogP contribution in [0.5, 0.6) is 0 Å². The number of H-pyrrole nitrogens is 1. The molecule has 0 radical (unpaired) electrons. The second-order valence-electron chi connectivity index (χ2n) is 8.81. The Hall–Kier alpha value is -3.44.